The highest BCUT2D eigenvalue weighted by Crippen LogP contribution is 2.28. The van der Waals surface area contributed by atoms with Crippen LogP contribution in [0.25, 0.3) is 10.9 Å². The second-order valence-electron chi connectivity index (χ2n) is 8.63. The summed E-state index contributed by atoms with van der Waals surface area (Å²) in [6.07, 6.45) is -0.0175. The van der Waals surface area contributed by atoms with Crippen molar-refractivity contribution >= 4 is 28.3 Å². The Hall–Kier alpha value is -4.61. The Morgan fingerprint density at radius 2 is 1.39 bits per heavy atom. The van der Waals surface area contributed by atoms with Crippen LogP contribution in [0.3, 0.4) is 0 Å². The van der Waals surface area contributed by atoms with Crippen LogP contribution in [0, 0.1) is 0 Å². The fourth-order valence-corrected chi connectivity index (χ4v) is 4.22. The third-order valence-electron chi connectivity index (χ3n) is 6.14. The number of aromatic nitrogens is 1. The fourth-order valence-electron chi connectivity index (χ4n) is 4.22. The van der Waals surface area contributed by atoms with Gasteiger partial charge in [0.1, 0.15) is 0 Å². The number of anilines is 1. The molecule has 1 unspecified atom stereocenters. The summed E-state index contributed by atoms with van der Waals surface area (Å²) in [4.78, 5) is 31.1. The number of hydrogen-bond donors (Lipinski definition) is 2. The molecule has 2 N–H and O–H groups in total. The maximum absolute atomic E-state index is 13.6. The summed E-state index contributed by atoms with van der Waals surface area (Å²) in [5, 5.41) is 15.6. The van der Waals surface area contributed by atoms with Crippen molar-refractivity contribution in [3.05, 3.63) is 144 Å². The van der Waals surface area contributed by atoms with E-state index in [1.54, 1.807) is 72.8 Å². The molecule has 0 saturated carbocycles. The van der Waals surface area contributed by atoms with Gasteiger partial charge in [0.15, 0.2) is 11.4 Å². The van der Waals surface area contributed by atoms with E-state index < -0.39 is 11.5 Å². The molecule has 5 rings (SSSR count). The van der Waals surface area contributed by atoms with Gasteiger partial charge < -0.3 is 10.4 Å². The average Bonchev–Trinajstić information content (AvgIpc) is 2.93. The number of nitrogens with zero attached hydrogens (tertiary/aromatic N) is 1. The second-order valence-corrected chi connectivity index (χ2v) is 8.63. The van der Waals surface area contributed by atoms with Gasteiger partial charge in [-0.25, -0.2) is 0 Å². The number of benzene rings is 4. The van der Waals surface area contributed by atoms with Gasteiger partial charge >= 0.3 is 0 Å². The van der Waals surface area contributed by atoms with Crippen LogP contribution < -0.4 is 5.32 Å². The van der Waals surface area contributed by atoms with Gasteiger partial charge in [-0.15, -0.1) is 0 Å². The molecule has 176 valence electrons. The molecule has 1 amide bonds. The first-order valence-electron chi connectivity index (χ1n) is 11.7. The van der Waals surface area contributed by atoms with Gasteiger partial charge in [0, 0.05) is 34.3 Å². The lowest BCUT2D eigenvalue weighted by atomic mass is 9.87. The van der Waals surface area contributed by atoms with Crippen molar-refractivity contribution in [1.82, 2.24) is 4.98 Å². The first kappa shape index (κ1) is 23.1. The number of para-hydroxylation sites is 1. The minimum Gasteiger partial charge on any atom is -0.375 e. The molecule has 0 bridgehead atoms. The summed E-state index contributed by atoms with van der Waals surface area (Å²) in [5.41, 5.74) is 1.37. The van der Waals surface area contributed by atoms with E-state index in [0.717, 1.165) is 10.9 Å². The van der Waals surface area contributed by atoms with Gasteiger partial charge in [0.25, 0.3) is 5.91 Å². The Balaban J connectivity index is 1.45. The molecule has 36 heavy (non-hydrogen) atoms. The molecular formula is C31H24N2O3. The lowest BCUT2D eigenvalue weighted by Crippen LogP contribution is -2.42. The van der Waals surface area contributed by atoms with Crippen molar-refractivity contribution in [1.29, 1.82) is 0 Å². The van der Waals surface area contributed by atoms with Gasteiger partial charge in [-0.05, 0) is 29.8 Å². The molecule has 5 aromatic rings. The minimum absolute atomic E-state index is 0.0175. The SMILES string of the molecule is O=C(c1ccccc1)c1cccc(NC(=O)C(O)(Cc2ccc3ccccc3n2)c2ccccc2)c1. The Morgan fingerprint density at radius 3 is 2.17 bits per heavy atom. The number of nitrogens with one attached hydrogen (secondary N) is 1. The highest BCUT2D eigenvalue weighted by atomic mass is 16.3. The number of pyridine rings is 1. The van der Waals surface area contributed by atoms with E-state index in [1.165, 1.54) is 0 Å². The molecule has 0 aliphatic rings. The molecule has 0 fully saturated rings. The molecule has 0 aliphatic carbocycles. The Morgan fingerprint density at radius 1 is 0.722 bits per heavy atom. The molecule has 0 saturated heterocycles. The monoisotopic (exact) mass is 472 g/mol. The van der Waals surface area contributed by atoms with E-state index in [9.17, 15) is 14.7 Å². The molecule has 4 aromatic carbocycles. The summed E-state index contributed by atoms with van der Waals surface area (Å²) < 4.78 is 0. The third kappa shape index (κ3) is 4.78. The molecular weight excluding hydrogens is 448 g/mol. The topological polar surface area (TPSA) is 79.3 Å². The summed E-state index contributed by atoms with van der Waals surface area (Å²) >= 11 is 0. The lowest BCUT2D eigenvalue weighted by Gasteiger charge is -2.27. The molecule has 1 heterocycles. The van der Waals surface area contributed by atoms with Crippen LogP contribution in [0.5, 0.6) is 0 Å². The van der Waals surface area contributed by atoms with Crippen LogP contribution in [-0.2, 0) is 16.8 Å². The Labute approximate surface area is 209 Å². The van der Waals surface area contributed by atoms with Gasteiger partial charge in [0.2, 0.25) is 0 Å². The predicted octanol–water partition coefficient (Wildman–Crippen LogP) is 5.53. The maximum Gasteiger partial charge on any atom is 0.261 e. The van der Waals surface area contributed by atoms with Crippen LogP contribution in [0.1, 0.15) is 27.2 Å². The van der Waals surface area contributed by atoms with Crippen molar-refractivity contribution in [3.63, 3.8) is 0 Å². The van der Waals surface area contributed by atoms with Crippen LogP contribution >= 0.6 is 0 Å². The van der Waals surface area contributed by atoms with Crippen molar-refractivity contribution in [2.24, 2.45) is 0 Å². The zero-order valence-corrected chi connectivity index (χ0v) is 19.5. The van der Waals surface area contributed by atoms with Crippen LogP contribution in [-0.4, -0.2) is 21.8 Å². The van der Waals surface area contributed by atoms with Crippen LogP contribution in [0.4, 0.5) is 5.69 Å². The number of rotatable bonds is 7. The van der Waals surface area contributed by atoms with E-state index in [4.69, 9.17) is 0 Å². The zero-order valence-electron chi connectivity index (χ0n) is 19.5. The standard InChI is InChI=1S/C31H24N2O3/c34-29(23-11-3-1-4-12-23)24-13-9-16-26(20-24)33-30(35)31(36,25-14-5-2-6-15-25)21-27-19-18-22-10-7-8-17-28(22)32-27/h1-20,36H,21H2,(H,33,35). The zero-order chi connectivity index (χ0) is 25.0. The van der Waals surface area contributed by atoms with E-state index in [0.29, 0.717) is 28.1 Å². The van der Waals surface area contributed by atoms with E-state index >= 15 is 0 Å². The van der Waals surface area contributed by atoms with Crippen LogP contribution in [0.2, 0.25) is 0 Å². The van der Waals surface area contributed by atoms with Crippen molar-refractivity contribution < 1.29 is 14.7 Å². The molecule has 1 aromatic heterocycles. The minimum atomic E-state index is -1.88. The number of carbonyl (C=O) groups excluding carboxylic acids is 2. The quantitative estimate of drug-likeness (QED) is 0.305. The highest BCUT2D eigenvalue weighted by Gasteiger charge is 2.38. The average molecular weight is 473 g/mol. The number of hydrogen-bond acceptors (Lipinski definition) is 4. The van der Waals surface area contributed by atoms with Gasteiger partial charge in [-0.2, -0.15) is 0 Å². The summed E-state index contributed by atoms with van der Waals surface area (Å²) in [5.74, 6) is -0.752. The van der Waals surface area contributed by atoms with Gasteiger partial charge in [0.05, 0.1) is 5.52 Å². The lowest BCUT2D eigenvalue weighted by molar-refractivity contribution is -0.135. The highest BCUT2D eigenvalue weighted by molar-refractivity contribution is 6.10. The number of ketones is 1. The fraction of sp³-hybridized carbons (Fsp3) is 0.0645. The summed E-state index contributed by atoms with van der Waals surface area (Å²) in [6, 6.07) is 36.0. The maximum atomic E-state index is 13.6. The van der Waals surface area contributed by atoms with Crippen molar-refractivity contribution in [2.45, 2.75) is 12.0 Å². The predicted molar refractivity (Wildman–Crippen MR) is 141 cm³/mol. The van der Waals surface area contributed by atoms with Gasteiger partial charge in [-0.1, -0.05) is 97.1 Å². The molecule has 5 nitrogen and oxygen atoms in total. The third-order valence-corrected chi connectivity index (χ3v) is 6.14. The number of carbonyl (C=O) groups is 2. The van der Waals surface area contributed by atoms with Crippen LogP contribution in [0.15, 0.2) is 121 Å². The number of aliphatic hydroxyl groups is 1. The Kier molecular flexibility index (Phi) is 6.39. The van der Waals surface area contributed by atoms with Crippen molar-refractivity contribution in [2.75, 3.05) is 5.32 Å². The van der Waals surface area contributed by atoms with E-state index in [-0.39, 0.29) is 12.2 Å². The first-order chi connectivity index (χ1) is 17.5. The summed E-state index contributed by atoms with van der Waals surface area (Å²) in [7, 11) is 0. The first-order valence-corrected chi connectivity index (χ1v) is 11.7. The number of fused-ring (bicyclic) bond motifs is 1. The van der Waals surface area contributed by atoms with E-state index in [2.05, 4.69) is 10.3 Å². The van der Waals surface area contributed by atoms with Crippen molar-refractivity contribution in [3.8, 4) is 0 Å². The second kappa shape index (κ2) is 9.94. The molecule has 0 radical (unpaired) electrons. The number of amides is 1. The molecule has 5 heteroatoms. The molecule has 0 spiro atoms. The molecule has 1 atom stereocenters. The largest absolute Gasteiger partial charge is 0.375 e. The smallest absolute Gasteiger partial charge is 0.261 e. The normalized spacial score (nSPS) is 12.6. The van der Waals surface area contributed by atoms with E-state index in [1.807, 2.05) is 48.5 Å². The van der Waals surface area contributed by atoms with Gasteiger partial charge in [-0.3, -0.25) is 14.6 Å². The Bertz CT molecular complexity index is 1530. The summed E-state index contributed by atoms with van der Waals surface area (Å²) in [6.45, 7) is 0. The molecule has 0 aliphatic heterocycles.